The molecule has 0 unspecified atom stereocenters. The van der Waals surface area contributed by atoms with E-state index in [4.69, 9.17) is 27.9 Å². The molecule has 88 valence electrons. The average molecular weight is 271 g/mol. The zero-order valence-corrected chi connectivity index (χ0v) is 10.2. The Kier molecular flexibility index (Phi) is 4.19. The van der Waals surface area contributed by atoms with Crippen molar-refractivity contribution < 1.29 is 4.74 Å². The molecule has 0 saturated carbocycles. The van der Waals surface area contributed by atoms with Crippen LogP contribution in [0.15, 0.2) is 24.8 Å². The predicted molar refractivity (Wildman–Crippen MR) is 62.6 cm³/mol. The third-order valence-electron chi connectivity index (χ3n) is 1.88. The van der Waals surface area contributed by atoms with Gasteiger partial charge in [0.15, 0.2) is 0 Å². The second-order valence-corrected chi connectivity index (χ2v) is 3.93. The van der Waals surface area contributed by atoms with Crippen molar-refractivity contribution in [3.05, 3.63) is 46.5 Å². The molecule has 0 aliphatic rings. The normalized spacial score (nSPS) is 10.5. The zero-order chi connectivity index (χ0) is 12.1. The minimum atomic E-state index is 0.337. The first-order valence-electron chi connectivity index (χ1n) is 4.74. The van der Waals surface area contributed by atoms with Gasteiger partial charge in [-0.2, -0.15) is 0 Å². The molecule has 0 aliphatic carbocycles. The van der Waals surface area contributed by atoms with Crippen LogP contribution in [0.3, 0.4) is 0 Å². The maximum atomic E-state index is 5.72. The molecule has 7 heteroatoms. The summed E-state index contributed by atoms with van der Waals surface area (Å²) in [6, 6.07) is 3.29. The first-order valence-corrected chi connectivity index (χ1v) is 5.50. The molecule has 0 saturated heterocycles. The number of aromatic nitrogens is 4. The van der Waals surface area contributed by atoms with Gasteiger partial charge in [0.25, 0.3) is 0 Å². The van der Waals surface area contributed by atoms with E-state index in [-0.39, 0.29) is 0 Å². The lowest BCUT2D eigenvalue weighted by molar-refractivity contribution is 0.102. The SMILES string of the molecule is Clc1cc(COCc2cc(Cl)ncn2)ncn1. The van der Waals surface area contributed by atoms with Crippen molar-refractivity contribution in [1.29, 1.82) is 0 Å². The van der Waals surface area contributed by atoms with Crippen LogP contribution in [0.5, 0.6) is 0 Å². The molecule has 0 spiro atoms. The standard InChI is InChI=1S/C10H8Cl2N4O/c11-9-1-7(13-5-15-9)3-17-4-8-2-10(12)16-6-14-8/h1-2,5-6H,3-4H2. The average Bonchev–Trinajstić information content (AvgIpc) is 2.29. The van der Waals surface area contributed by atoms with Crippen molar-refractivity contribution in [3.63, 3.8) is 0 Å². The summed E-state index contributed by atoms with van der Waals surface area (Å²) >= 11 is 11.4. The van der Waals surface area contributed by atoms with Crippen LogP contribution in [0, 0.1) is 0 Å². The highest BCUT2D eigenvalue weighted by molar-refractivity contribution is 6.29. The second-order valence-electron chi connectivity index (χ2n) is 3.16. The molecule has 0 atom stereocenters. The monoisotopic (exact) mass is 270 g/mol. The Labute approximate surface area is 108 Å². The summed E-state index contributed by atoms with van der Waals surface area (Å²) in [5.41, 5.74) is 1.43. The first kappa shape index (κ1) is 12.2. The van der Waals surface area contributed by atoms with Gasteiger partial charge in [-0.05, 0) is 12.1 Å². The lowest BCUT2D eigenvalue weighted by Gasteiger charge is -2.03. The molecule has 0 bridgehead atoms. The van der Waals surface area contributed by atoms with Crippen LogP contribution in [-0.4, -0.2) is 19.9 Å². The maximum Gasteiger partial charge on any atom is 0.132 e. The van der Waals surface area contributed by atoms with E-state index in [2.05, 4.69) is 19.9 Å². The topological polar surface area (TPSA) is 60.8 Å². The lowest BCUT2D eigenvalue weighted by atomic mass is 10.4. The molecule has 0 fully saturated rings. The van der Waals surface area contributed by atoms with E-state index in [1.54, 1.807) is 12.1 Å². The molecule has 0 radical (unpaired) electrons. The van der Waals surface area contributed by atoms with Gasteiger partial charge in [-0.3, -0.25) is 0 Å². The summed E-state index contributed by atoms with van der Waals surface area (Å²) in [5, 5.41) is 0.785. The van der Waals surface area contributed by atoms with E-state index in [0.29, 0.717) is 34.9 Å². The number of hydrogen-bond donors (Lipinski definition) is 0. The van der Waals surface area contributed by atoms with Crippen molar-refractivity contribution >= 4 is 23.2 Å². The molecule has 0 aliphatic heterocycles. The molecular formula is C10H8Cl2N4O. The highest BCUT2D eigenvalue weighted by Gasteiger charge is 2.00. The molecule has 0 N–H and O–H groups in total. The van der Waals surface area contributed by atoms with Gasteiger partial charge in [0.1, 0.15) is 23.0 Å². The Balaban J connectivity index is 1.87. The van der Waals surface area contributed by atoms with Crippen molar-refractivity contribution in [3.8, 4) is 0 Å². The largest absolute Gasteiger partial charge is 0.369 e. The minimum absolute atomic E-state index is 0.337. The predicted octanol–water partition coefficient (Wildman–Crippen LogP) is 2.29. The van der Waals surface area contributed by atoms with E-state index < -0.39 is 0 Å². The fraction of sp³-hybridized carbons (Fsp3) is 0.200. The molecule has 2 rings (SSSR count). The Morgan fingerprint density at radius 1 is 0.824 bits per heavy atom. The number of nitrogens with zero attached hydrogens (tertiary/aromatic N) is 4. The fourth-order valence-corrected chi connectivity index (χ4v) is 1.50. The number of hydrogen-bond acceptors (Lipinski definition) is 5. The van der Waals surface area contributed by atoms with Crippen LogP contribution >= 0.6 is 23.2 Å². The smallest absolute Gasteiger partial charge is 0.132 e. The van der Waals surface area contributed by atoms with E-state index >= 15 is 0 Å². The van der Waals surface area contributed by atoms with E-state index in [1.807, 2.05) is 0 Å². The fourth-order valence-electron chi connectivity index (χ4n) is 1.16. The van der Waals surface area contributed by atoms with Crippen molar-refractivity contribution in [2.45, 2.75) is 13.2 Å². The van der Waals surface area contributed by atoms with E-state index in [0.717, 1.165) is 0 Å². The maximum absolute atomic E-state index is 5.72. The highest BCUT2D eigenvalue weighted by atomic mass is 35.5. The quantitative estimate of drug-likeness (QED) is 0.798. The summed E-state index contributed by atoms with van der Waals surface area (Å²) in [6.07, 6.45) is 2.78. The summed E-state index contributed by atoms with van der Waals surface area (Å²) in [5.74, 6) is 0. The van der Waals surface area contributed by atoms with E-state index in [1.165, 1.54) is 12.7 Å². The molecule has 0 aromatic carbocycles. The summed E-state index contributed by atoms with van der Waals surface area (Å²) in [6.45, 7) is 0.674. The lowest BCUT2D eigenvalue weighted by Crippen LogP contribution is -1.99. The Morgan fingerprint density at radius 2 is 1.29 bits per heavy atom. The van der Waals surface area contributed by atoms with Crippen molar-refractivity contribution in [2.75, 3.05) is 0 Å². The molecule has 17 heavy (non-hydrogen) atoms. The molecule has 0 amide bonds. The molecule has 5 nitrogen and oxygen atoms in total. The first-order chi connectivity index (χ1) is 8.24. The van der Waals surface area contributed by atoms with Gasteiger partial charge in [0.2, 0.25) is 0 Å². The zero-order valence-electron chi connectivity index (χ0n) is 8.68. The third-order valence-corrected chi connectivity index (χ3v) is 2.29. The minimum Gasteiger partial charge on any atom is -0.369 e. The Bertz CT molecular complexity index is 464. The van der Waals surface area contributed by atoms with Gasteiger partial charge in [0.05, 0.1) is 24.6 Å². The van der Waals surface area contributed by atoms with Crippen LogP contribution in [0.25, 0.3) is 0 Å². The summed E-state index contributed by atoms with van der Waals surface area (Å²) in [7, 11) is 0. The van der Waals surface area contributed by atoms with Crippen LogP contribution in [0.1, 0.15) is 11.4 Å². The van der Waals surface area contributed by atoms with Gasteiger partial charge in [-0.15, -0.1) is 0 Å². The van der Waals surface area contributed by atoms with Gasteiger partial charge in [-0.1, -0.05) is 23.2 Å². The number of rotatable bonds is 4. The van der Waals surface area contributed by atoms with Gasteiger partial charge in [-0.25, -0.2) is 19.9 Å². The molecule has 2 aromatic rings. The van der Waals surface area contributed by atoms with Crippen LogP contribution < -0.4 is 0 Å². The summed E-state index contributed by atoms with van der Waals surface area (Å²) < 4.78 is 5.42. The van der Waals surface area contributed by atoms with Crippen LogP contribution in [-0.2, 0) is 18.0 Å². The van der Waals surface area contributed by atoms with Crippen molar-refractivity contribution in [2.24, 2.45) is 0 Å². The molecule has 2 aromatic heterocycles. The van der Waals surface area contributed by atoms with Crippen molar-refractivity contribution in [1.82, 2.24) is 19.9 Å². The number of ether oxygens (including phenoxy) is 1. The Hall–Kier alpha value is -1.30. The van der Waals surface area contributed by atoms with E-state index in [9.17, 15) is 0 Å². The molecular weight excluding hydrogens is 263 g/mol. The van der Waals surface area contributed by atoms with Crippen LogP contribution in [0.2, 0.25) is 10.3 Å². The van der Waals surface area contributed by atoms with Gasteiger partial charge < -0.3 is 4.74 Å². The van der Waals surface area contributed by atoms with Gasteiger partial charge in [0, 0.05) is 0 Å². The van der Waals surface area contributed by atoms with Gasteiger partial charge >= 0.3 is 0 Å². The number of halogens is 2. The highest BCUT2D eigenvalue weighted by Crippen LogP contribution is 2.08. The van der Waals surface area contributed by atoms with Crippen LogP contribution in [0.4, 0.5) is 0 Å². The Morgan fingerprint density at radius 3 is 1.71 bits per heavy atom. The second kappa shape index (κ2) is 5.86. The molecule has 2 heterocycles. The third kappa shape index (κ3) is 3.89. The summed E-state index contributed by atoms with van der Waals surface area (Å²) in [4.78, 5) is 15.6.